The van der Waals surface area contributed by atoms with E-state index in [0.29, 0.717) is 0 Å². The van der Waals surface area contributed by atoms with Crippen LogP contribution in [0.3, 0.4) is 0 Å². The summed E-state index contributed by atoms with van der Waals surface area (Å²) in [5.74, 6) is 1.20. The van der Waals surface area contributed by atoms with Crippen LogP contribution in [0.5, 0.6) is 0 Å². The zero-order chi connectivity index (χ0) is 11.8. The first-order valence-corrected chi connectivity index (χ1v) is 7.06. The molecule has 0 aliphatic rings. The molecule has 0 saturated heterocycles. The number of ether oxygens (including phenoxy) is 1. The quantitative estimate of drug-likeness (QED) is 0.513. The highest BCUT2D eigenvalue weighted by Crippen LogP contribution is 2.24. The van der Waals surface area contributed by atoms with Crippen LogP contribution in [0, 0.1) is 6.92 Å². The molecule has 0 N–H and O–H groups in total. The molecule has 0 aromatic heterocycles. The zero-order valence-corrected chi connectivity index (χ0v) is 11.4. The molecule has 1 aromatic carbocycles. The average molecular weight is 238 g/mol. The summed E-state index contributed by atoms with van der Waals surface area (Å²) in [7, 11) is 0. The lowest BCUT2D eigenvalue weighted by atomic mass is 10.1. The van der Waals surface area contributed by atoms with Gasteiger partial charge in [-0.05, 0) is 42.7 Å². The molecule has 90 valence electrons. The van der Waals surface area contributed by atoms with Gasteiger partial charge in [0.25, 0.3) is 0 Å². The largest absolute Gasteiger partial charge is 0.377 e. The molecule has 16 heavy (non-hydrogen) atoms. The van der Waals surface area contributed by atoms with Crippen molar-refractivity contribution in [3.05, 3.63) is 29.3 Å². The van der Waals surface area contributed by atoms with Gasteiger partial charge in [0.05, 0.1) is 6.61 Å². The SMILES string of the molecule is CCCOCc1ccc(SCCC)c(C)c1. The van der Waals surface area contributed by atoms with Crippen molar-refractivity contribution in [3.63, 3.8) is 0 Å². The third-order valence-electron chi connectivity index (χ3n) is 2.32. The number of thioether (sulfide) groups is 1. The maximum absolute atomic E-state index is 5.54. The Labute approximate surface area is 104 Å². The Balaban J connectivity index is 2.53. The standard InChI is InChI=1S/C14H22OS/c1-4-8-15-11-13-6-7-14(12(3)10-13)16-9-5-2/h6-7,10H,4-5,8-9,11H2,1-3H3. The van der Waals surface area contributed by atoms with E-state index < -0.39 is 0 Å². The molecule has 0 unspecified atom stereocenters. The van der Waals surface area contributed by atoms with Gasteiger partial charge in [-0.25, -0.2) is 0 Å². The fraction of sp³-hybridized carbons (Fsp3) is 0.571. The first-order chi connectivity index (χ1) is 7.77. The maximum atomic E-state index is 5.54. The fourth-order valence-electron chi connectivity index (χ4n) is 1.51. The Hall–Kier alpha value is -0.470. The second-order valence-electron chi connectivity index (χ2n) is 4.00. The molecule has 0 radical (unpaired) electrons. The molecule has 0 spiro atoms. The third kappa shape index (κ3) is 4.58. The zero-order valence-electron chi connectivity index (χ0n) is 10.6. The molecule has 0 bridgehead atoms. The second-order valence-corrected chi connectivity index (χ2v) is 5.14. The van der Waals surface area contributed by atoms with Gasteiger partial charge in [-0.3, -0.25) is 0 Å². The molecule has 0 saturated carbocycles. The molecule has 0 fully saturated rings. The van der Waals surface area contributed by atoms with Gasteiger partial charge in [0.15, 0.2) is 0 Å². The first-order valence-electron chi connectivity index (χ1n) is 6.08. The molecule has 1 nitrogen and oxygen atoms in total. The van der Waals surface area contributed by atoms with E-state index in [1.165, 1.54) is 28.2 Å². The molecule has 0 atom stereocenters. The van der Waals surface area contributed by atoms with Crippen molar-refractivity contribution in [1.29, 1.82) is 0 Å². The molecule has 0 aliphatic heterocycles. The highest BCUT2D eigenvalue weighted by Gasteiger charge is 2.00. The lowest BCUT2D eigenvalue weighted by Crippen LogP contribution is -1.95. The van der Waals surface area contributed by atoms with Gasteiger partial charge in [-0.1, -0.05) is 26.0 Å². The molecular formula is C14H22OS. The Bertz CT molecular complexity index is 310. The average Bonchev–Trinajstić information content (AvgIpc) is 2.28. The van der Waals surface area contributed by atoms with Gasteiger partial charge in [-0.15, -0.1) is 11.8 Å². The topological polar surface area (TPSA) is 9.23 Å². The molecule has 0 amide bonds. The van der Waals surface area contributed by atoms with Crippen LogP contribution in [0.4, 0.5) is 0 Å². The fourth-order valence-corrected chi connectivity index (χ4v) is 2.38. The van der Waals surface area contributed by atoms with E-state index in [-0.39, 0.29) is 0 Å². The van der Waals surface area contributed by atoms with Gasteiger partial charge < -0.3 is 4.74 Å². The Kier molecular flexibility index (Phi) is 6.58. The van der Waals surface area contributed by atoms with Crippen molar-refractivity contribution < 1.29 is 4.74 Å². The lowest BCUT2D eigenvalue weighted by molar-refractivity contribution is 0.121. The highest BCUT2D eigenvalue weighted by atomic mass is 32.2. The van der Waals surface area contributed by atoms with Crippen molar-refractivity contribution in [3.8, 4) is 0 Å². The number of rotatable bonds is 7. The van der Waals surface area contributed by atoms with Crippen LogP contribution in [0.15, 0.2) is 23.1 Å². The Morgan fingerprint density at radius 2 is 2.00 bits per heavy atom. The summed E-state index contributed by atoms with van der Waals surface area (Å²) >= 11 is 1.94. The first kappa shape index (κ1) is 13.6. The number of benzene rings is 1. The van der Waals surface area contributed by atoms with E-state index in [0.717, 1.165) is 19.6 Å². The molecule has 2 heteroatoms. The summed E-state index contributed by atoms with van der Waals surface area (Å²) in [6.45, 7) is 8.13. The van der Waals surface area contributed by atoms with Crippen LogP contribution in [-0.2, 0) is 11.3 Å². The summed E-state index contributed by atoms with van der Waals surface area (Å²) in [4.78, 5) is 1.40. The molecule has 1 rings (SSSR count). The minimum atomic E-state index is 0.743. The van der Waals surface area contributed by atoms with E-state index in [9.17, 15) is 0 Å². The summed E-state index contributed by atoms with van der Waals surface area (Å²) < 4.78 is 5.54. The van der Waals surface area contributed by atoms with Gasteiger partial charge in [-0.2, -0.15) is 0 Å². The third-order valence-corrected chi connectivity index (χ3v) is 3.70. The molecule has 1 aromatic rings. The summed E-state index contributed by atoms with van der Waals surface area (Å²) in [6.07, 6.45) is 2.31. The van der Waals surface area contributed by atoms with Crippen LogP contribution in [0.1, 0.15) is 37.8 Å². The van der Waals surface area contributed by atoms with Crippen molar-refractivity contribution in [2.45, 2.75) is 45.1 Å². The minimum absolute atomic E-state index is 0.743. The monoisotopic (exact) mass is 238 g/mol. The summed E-state index contributed by atoms with van der Waals surface area (Å²) in [6, 6.07) is 6.65. The van der Waals surface area contributed by atoms with Crippen molar-refractivity contribution >= 4 is 11.8 Å². The molecule has 0 heterocycles. The van der Waals surface area contributed by atoms with E-state index in [1.54, 1.807) is 0 Å². The normalized spacial score (nSPS) is 10.7. The van der Waals surface area contributed by atoms with E-state index in [4.69, 9.17) is 4.74 Å². The van der Waals surface area contributed by atoms with Crippen molar-refractivity contribution in [2.75, 3.05) is 12.4 Å². The van der Waals surface area contributed by atoms with E-state index in [2.05, 4.69) is 39.0 Å². The smallest absolute Gasteiger partial charge is 0.0716 e. The van der Waals surface area contributed by atoms with E-state index >= 15 is 0 Å². The Morgan fingerprint density at radius 3 is 2.62 bits per heavy atom. The van der Waals surface area contributed by atoms with Crippen molar-refractivity contribution in [2.24, 2.45) is 0 Å². The second kappa shape index (κ2) is 7.75. The van der Waals surface area contributed by atoms with Crippen LogP contribution < -0.4 is 0 Å². The predicted molar refractivity (Wildman–Crippen MR) is 72.1 cm³/mol. The predicted octanol–water partition coefficient (Wildman–Crippen LogP) is 4.42. The number of hydrogen-bond donors (Lipinski definition) is 0. The van der Waals surface area contributed by atoms with Gasteiger partial charge in [0.2, 0.25) is 0 Å². The van der Waals surface area contributed by atoms with Gasteiger partial charge >= 0.3 is 0 Å². The minimum Gasteiger partial charge on any atom is -0.377 e. The van der Waals surface area contributed by atoms with Crippen LogP contribution in [-0.4, -0.2) is 12.4 Å². The maximum Gasteiger partial charge on any atom is 0.0716 e. The lowest BCUT2D eigenvalue weighted by Gasteiger charge is -2.08. The van der Waals surface area contributed by atoms with Crippen LogP contribution in [0.25, 0.3) is 0 Å². The molecule has 0 aliphatic carbocycles. The van der Waals surface area contributed by atoms with Gasteiger partial charge in [0.1, 0.15) is 0 Å². The number of hydrogen-bond acceptors (Lipinski definition) is 2. The Morgan fingerprint density at radius 1 is 1.19 bits per heavy atom. The molecular weight excluding hydrogens is 216 g/mol. The van der Waals surface area contributed by atoms with Gasteiger partial charge in [0, 0.05) is 11.5 Å². The highest BCUT2D eigenvalue weighted by molar-refractivity contribution is 7.99. The van der Waals surface area contributed by atoms with Crippen LogP contribution >= 0.6 is 11.8 Å². The van der Waals surface area contributed by atoms with E-state index in [1.807, 2.05) is 11.8 Å². The summed E-state index contributed by atoms with van der Waals surface area (Å²) in [5.41, 5.74) is 2.66. The van der Waals surface area contributed by atoms with Crippen molar-refractivity contribution in [1.82, 2.24) is 0 Å². The number of aryl methyl sites for hydroxylation is 1. The van der Waals surface area contributed by atoms with Crippen LogP contribution in [0.2, 0.25) is 0 Å². The summed E-state index contributed by atoms with van der Waals surface area (Å²) in [5, 5.41) is 0.